The van der Waals surface area contributed by atoms with Crippen molar-refractivity contribution < 1.29 is 0 Å². The number of fused-ring (bicyclic) bond motifs is 4. The number of hydrogen-bond acceptors (Lipinski definition) is 1. The van der Waals surface area contributed by atoms with E-state index < -0.39 is 0 Å². The molecule has 0 amide bonds. The van der Waals surface area contributed by atoms with Gasteiger partial charge in [0.2, 0.25) is 0 Å². The molecular weight excluding hydrogens is 290 g/mol. The number of aromatic nitrogens is 1. The van der Waals surface area contributed by atoms with Crippen molar-refractivity contribution in [3.05, 3.63) is 91.1 Å². The Balaban J connectivity index is 1.80. The highest BCUT2D eigenvalue weighted by molar-refractivity contribution is 6.09. The van der Waals surface area contributed by atoms with Crippen LogP contribution in [0.1, 0.15) is 0 Å². The van der Waals surface area contributed by atoms with Crippen molar-refractivity contribution in [2.45, 2.75) is 0 Å². The molecule has 0 aliphatic carbocycles. The standard InChI is InChI=1S/C23H15N/c1-3-7-20-16(5-1)9-10-18-15-19(11-12-21(18)20)23-22-8-4-2-6-17(22)13-14-24-23/h1-15H. The molecule has 1 heterocycles. The molecule has 0 atom stereocenters. The number of hydrogen-bond donors (Lipinski definition) is 0. The predicted molar refractivity (Wildman–Crippen MR) is 102 cm³/mol. The Bertz CT molecular complexity index is 1200. The summed E-state index contributed by atoms with van der Waals surface area (Å²) in [6.07, 6.45) is 1.89. The van der Waals surface area contributed by atoms with Gasteiger partial charge in [0.25, 0.3) is 0 Å². The molecule has 0 N–H and O–H groups in total. The molecule has 4 aromatic carbocycles. The van der Waals surface area contributed by atoms with Crippen molar-refractivity contribution in [1.82, 2.24) is 4.98 Å². The fourth-order valence-electron chi connectivity index (χ4n) is 3.51. The highest BCUT2D eigenvalue weighted by atomic mass is 14.7. The van der Waals surface area contributed by atoms with Gasteiger partial charge in [-0.1, -0.05) is 72.8 Å². The molecule has 24 heavy (non-hydrogen) atoms. The summed E-state index contributed by atoms with van der Waals surface area (Å²) in [5.74, 6) is 0. The van der Waals surface area contributed by atoms with Gasteiger partial charge >= 0.3 is 0 Å². The maximum absolute atomic E-state index is 4.65. The number of benzene rings is 4. The van der Waals surface area contributed by atoms with Gasteiger partial charge in [0.05, 0.1) is 5.69 Å². The zero-order valence-corrected chi connectivity index (χ0v) is 13.1. The van der Waals surface area contributed by atoms with Crippen molar-refractivity contribution in [3.63, 3.8) is 0 Å². The molecule has 0 aliphatic rings. The fourth-order valence-corrected chi connectivity index (χ4v) is 3.51. The Morgan fingerprint density at radius 3 is 2.04 bits per heavy atom. The van der Waals surface area contributed by atoms with E-state index in [1.54, 1.807) is 0 Å². The number of pyridine rings is 1. The van der Waals surface area contributed by atoms with Crippen molar-refractivity contribution >= 4 is 32.3 Å². The molecule has 0 unspecified atom stereocenters. The van der Waals surface area contributed by atoms with E-state index in [0.717, 1.165) is 11.3 Å². The fraction of sp³-hybridized carbons (Fsp3) is 0. The van der Waals surface area contributed by atoms with Gasteiger partial charge in [-0.05, 0) is 39.1 Å². The van der Waals surface area contributed by atoms with Crippen LogP contribution < -0.4 is 0 Å². The SMILES string of the molecule is c1ccc2c(-c3ccc4c(ccc5ccccc54)c3)nccc2c1. The second-order valence-electron chi connectivity index (χ2n) is 6.10. The molecule has 5 aromatic rings. The van der Waals surface area contributed by atoms with Crippen molar-refractivity contribution in [2.24, 2.45) is 0 Å². The van der Waals surface area contributed by atoms with Crippen molar-refractivity contribution in [2.75, 3.05) is 0 Å². The topological polar surface area (TPSA) is 12.9 Å². The van der Waals surface area contributed by atoms with Gasteiger partial charge in [-0.2, -0.15) is 0 Å². The zero-order chi connectivity index (χ0) is 15.9. The molecule has 0 aliphatic heterocycles. The first-order valence-electron chi connectivity index (χ1n) is 8.16. The Kier molecular flexibility index (Phi) is 2.86. The lowest BCUT2D eigenvalue weighted by molar-refractivity contribution is 1.36. The minimum absolute atomic E-state index is 1.04. The second kappa shape index (κ2) is 5.17. The van der Waals surface area contributed by atoms with Crippen LogP contribution in [0.15, 0.2) is 91.1 Å². The van der Waals surface area contributed by atoms with Crippen LogP contribution >= 0.6 is 0 Å². The molecule has 0 bridgehead atoms. The van der Waals surface area contributed by atoms with E-state index in [1.807, 2.05) is 6.20 Å². The Morgan fingerprint density at radius 1 is 0.500 bits per heavy atom. The average molecular weight is 305 g/mol. The van der Waals surface area contributed by atoms with Crippen LogP contribution in [0.2, 0.25) is 0 Å². The Hall–Kier alpha value is -3.19. The number of nitrogens with zero attached hydrogens (tertiary/aromatic N) is 1. The summed E-state index contributed by atoms with van der Waals surface area (Å²) in [7, 11) is 0. The van der Waals surface area contributed by atoms with Crippen molar-refractivity contribution in [3.8, 4) is 11.3 Å². The molecule has 5 rings (SSSR count). The van der Waals surface area contributed by atoms with E-state index in [1.165, 1.54) is 32.3 Å². The van der Waals surface area contributed by atoms with Gasteiger partial charge in [0.1, 0.15) is 0 Å². The second-order valence-corrected chi connectivity index (χ2v) is 6.10. The summed E-state index contributed by atoms with van der Waals surface area (Å²) >= 11 is 0. The van der Waals surface area contributed by atoms with Gasteiger partial charge in [-0.3, -0.25) is 4.98 Å². The predicted octanol–water partition coefficient (Wildman–Crippen LogP) is 6.21. The summed E-state index contributed by atoms with van der Waals surface area (Å²) in [5, 5.41) is 7.53. The minimum atomic E-state index is 1.04. The van der Waals surface area contributed by atoms with Crippen LogP contribution in [0.5, 0.6) is 0 Å². The van der Waals surface area contributed by atoms with E-state index >= 15 is 0 Å². The quantitative estimate of drug-likeness (QED) is 0.336. The summed E-state index contributed by atoms with van der Waals surface area (Å²) in [4.78, 5) is 4.65. The lowest BCUT2D eigenvalue weighted by Gasteiger charge is -2.09. The Morgan fingerprint density at radius 2 is 1.17 bits per heavy atom. The summed E-state index contributed by atoms with van der Waals surface area (Å²) in [5.41, 5.74) is 2.21. The number of rotatable bonds is 1. The monoisotopic (exact) mass is 305 g/mol. The normalized spacial score (nSPS) is 11.3. The largest absolute Gasteiger partial charge is 0.256 e. The molecule has 0 fully saturated rings. The first kappa shape index (κ1) is 13.3. The van der Waals surface area contributed by atoms with E-state index in [4.69, 9.17) is 0 Å². The molecule has 0 radical (unpaired) electrons. The highest BCUT2D eigenvalue weighted by Gasteiger charge is 2.07. The Labute approximate surface area is 140 Å². The minimum Gasteiger partial charge on any atom is -0.256 e. The lowest BCUT2D eigenvalue weighted by atomic mass is 9.97. The van der Waals surface area contributed by atoms with Crippen LogP contribution in [0.25, 0.3) is 43.6 Å². The first-order chi connectivity index (χ1) is 11.9. The average Bonchev–Trinajstić information content (AvgIpc) is 2.67. The molecule has 1 heteroatoms. The zero-order valence-electron chi connectivity index (χ0n) is 13.1. The third-order valence-electron chi connectivity index (χ3n) is 4.69. The third kappa shape index (κ3) is 1.99. The van der Waals surface area contributed by atoms with Crippen LogP contribution in [-0.2, 0) is 0 Å². The third-order valence-corrected chi connectivity index (χ3v) is 4.69. The first-order valence-corrected chi connectivity index (χ1v) is 8.16. The van der Waals surface area contributed by atoms with E-state index in [2.05, 4.69) is 89.9 Å². The smallest absolute Gasteiger partial charge is 0.0780 e. The van der Waals surface area contributed by atoms with Crippen LogP contribution in [0, 0.1) is 0 Å². The van der Waals surface area contributed by atoms with Gasteiger partial charge in [-0.15, -0.1) is 0 Å². The van der Waals surface area contributed by atoms with Crippen LogP contribution in [0.3, 0.4) is 0 Å². The summed E-state index contributed by atoms with van der Waals surface area (Å²) in [6.45, 7) is 0. The maximum Gasteiger partial charge on any atom is 0.0780 e. The molecule has 0 saturated carbocycles. The molecule has 0 saturated heterocycles. The lowest BCUT2D eigenvalue weighted by Crippen LogP contribution is -1.86. The molecule has 1 nitrogen and oxygen atoms in total. The van der Waals surface area contributed by atoms with Crippen LogP contribution in [0.4, 0.5) is 0 Å². The van der Waals surface area contributed by atoms with Crippen molar-refractivity contribution in [1.29, 1.82) is 0 Å². The maximum atomic E-state index is 4.65. The van der Waals surface area contributed by atoms with E-state index in [0.29, 0.717) is 0 Å². The van der Waals surface area contributed by atoms with Gasteiger partial charge in [0.15, 0.2) is 0 Å². The van der Waals surface area contributed by atoms with Gasteiger partial charge in [0, 0.05) is 17.1 Å². The van der Waals surface area contributed by atoms with E-state index in [9.17, 15) is 0 Å². The molecular formula is C23H15N. The summed E-state index contributed by atoms with van der Waals surface area (Å²) in [6, 6.07) is 30.1. The summed E-state index contributed by atoms with van der Waals surface area (Å²) < 4.78 is 0. The highest BCUT2D eigenvalue weighted by Crippen LogP contribution is 2.31. The van der Waals surface area contributed by atoms with Gasteiger partial charge < -0.3 is 0 Å². The molecule has 0 spiro atoms. The van der Waals surface area contributed by atoms with E-state index in [-0.39, 0.29) is 0 Å². The van der Waals surface area contributed by atoms with Crippen LogP contribution in [-0.4, -0.2) is 4.98 Å². The molecule has 112 valence electrons. The molecule has 1 aromatic heterocycles. The van der Waals surface area contributed by atoms with Gasteiger partial charge in [-0.25, -0.2) is 0 Å².